The van der Waals surface area contributed by atoms with Crippen LogP contribution in [0.1, 0.15) is 6.92 Å². The third kappa shape index (κ3) is 3.73. The van der Waals surface area contributed by atoms with Crippen molar-refractivity contribution in [2.45, 2.75) is 12.5 Å². The molecule has 1 aromatic heterocycles. The zero-order valence-electron chi connectivity index (χ0n) is 8.99. The first-order valence-corrected chi connectivity index (χ1v) is 4.78. The van der Waals surface area contributed by atoms with Crippen molar-refractivity contribution in [2.75, 3.05) is 30.8 Å². The lowest BCUT2D eigenvalue weighted by molar-refractivity contribution is 0.0132. The van der Waals surface area contributed by atoms with Crippen LogP contribution in [0.5, 0.6) is 0 Å². The second-order valence-corrected chi connectivity index (χ2v) is 3.69. The third-order valence-corrected chi connectivity index (χ3v) is 2.03. The van der Waals surface area contributed by atoms with Crippen LogP contribution in [0.4, 0.5) is 11.5 Å². The van der Waals surface area contributed by atoms with Crippen molar-refractivity contribution < 1.29 is 10.2 Å². The molecule has 1 atom stereocenters. The summed E-state index contributed by atoms with van der Waals surface area (Å²) in [6.45, 7) is 1.58. The van der Waals surface area contributed by atoms with Crippen LogP contribution in [0, 0.1) is 0 Å². The number of hydrogen-bond donors (Lipinski definition) is 4. The molecule has 5 heteroatoms. The number of aliphatic hydroxyl groups is 2. The van der Waals surface area contributed by atoms with Crippen molar-refractivity contribution in [3.63, 3.8) is 0 Å². The quantitative estimate of drug-likeness (QED) is 0.562. The second kappa shape index (κ2) is 4.95. The van der Waals surface area contributed by atoms with E-state index in [9.17, 15) is 5.11 Å². The first kappa shape index (κ1) is 11.7. The average molecular weight is 211 g/mol. The van der Waals surface area contributed by atoms with Gasteiger partial charge in [-0.1, -0.05) is 0 Å². The van der Waals surface area contributed by atoms with Gasteiger partial charge in [0.2, 0.25) is 0 Å². The van der Waals surface area contributed by atoms with Gasteiger partial charge in [-0.3, -0.25) is 0 Å². The largest absolute Gasteiger partial charge is 0.393 e. The molecule has 0 bridgehead atoms. The van der Waals surface area contributed by atoms with Gasteiger partial charge in [-0.25, -0.2) is 4.98 Å². The summed E-state index contributed by atoms with van der Waals surface area (Å²) in [7, 11) is 1.79. The standard InChI is InChI=1S/C10H17N3O2/c1-10(15,7-14)6-13-8-3-4-12-9(5-8)11-2/h3-5,14-15H,6-7H2,1-2H3,(H2,11,12,13). The molecule has 0 saturated carbocycles. The molecule has 0 aliphatic heterocycles. The number of pyridine rings is 1. The van der Waals surface area contributed by atoms with Crippen LogP contribution in [-0.4, -0.2) is 41.0 Å². The molecule has 4 N–H and O–H groups in total. The van der Waals surface area contributed by atoms with E-state index in [1.54, 1.807) is 26.2 Å². The Kier molecular flexibility index (Phi) is 3.88. The highest BCUT2D eigenvalue weighted by molar-refractivity contribution is 5.51. The van der Waals surface area contributed by atoms with Crippen LogP contribution in [0.2, 0.25) is 0 Å². The Balaban J connectivity index is 2.57. The molecular weight excluding hydrogens is 194 g/mol. The highest BCUT2D eigenvalue weighted by Crippen LogP contribution is 2.12. The van der Waals surface area contributed by atoms with Gasteiger partial charge >= 0.3 is 0 Å². The number of hydrogen-bond acceptors (Lipinski definition) is 5. The highest BCUT2D eigenvalue weighted by atomic mass is 16.3. The number of rotatable bonds is 5. The summed E-state index contributed by atoms with van der Waals surface area (Å²) in [5.74, 6) is 0.753. The van der Waals surface area contributed by atoms with Gasteiger partial charge in [0.1, 0.15) is 11.4 Å². The van der Waals surface area contributed by atoms with E-state index in [0.717, 1.165) is 11.5 Å². The number of aliphatic hydroxyl groups excluding tert-OH is 1. The fraction of sp³-hybridized carbons (Fsp3) is 0.500. The lowest BCUT2D eigenvalue weighted by Crippen LogP contribution is -2.37. The molecule has 1 rings (SSSR count). The second-order valence-electron chi connectivity index (χ2n) is 3.69. The van der Waals surface area contributed by atoms with E-state index in [1.807, 2.05) is 6.07 Å². The van der Waals surface area contributed by atoms with E-state index in [4.69, 9.17) is 5.11 Å². The minimum absolute atomic E-state index is 0.274. The molecule has 1 heterocycles. The summed E-state index contributed by atoms with van der Waals surface area (Å²) in [4.78, 5) is 4.06. The Morgan fingerprint density at radius 3 is 2.87 bits per heavy atom. The minimum Gasteiger partial charge on any atom is -0.393 e. The molecule has 0 saturated heterocycles. The smallest absolute Gasteiger partial charge is 0.127 e. The van der Waals surface area contributed by atoms with Crippen molar-refractivity contribution >= 4 is 11.5 Å². The molecule has 1 aromatic rings. The maximum Gasteiger partial charge on any atom is 0.127 e. The van der Waals surface area contributed by atoms with Gasteiger partial charge in [0.15, 0.2) is 0 Å². The molecule has 0 amide bonds. The van der Waals surface area contributed by atoms with Gasteiger partial charge in [-0.15, -0.1) is 0 Å². The van der Waals surface area contributed by atoms with E-state index in [1.165, 1.54) is 0 Å². The normalized spacial score (nSPS) is 14.4. The number of aromatic nitrogens is 1. The Hall–Kier alpha value is -1.33. The molecule has 84 valence electrons. The van der Waals surface area contributed by atoms with Gasteiger partial charge in [0.05, 0.1) is 6.61 Å². The predicted molar refractivity (Wildman–Crippen MR) is 60.0 cm³/mol. The maximum atomic E-state index is 9.57. The van der Waals surface area contributed by atoms with E-state index in [-0.39, 0.29) is 13.2 Å². The number of nitrogens with one attached hydrogen (secondary N) is 2. The molecule has 0 aliphatic rings. The summed E-state index contributed by atoms with van der Waals surface area (Å²) in [6, 6.07) is 3.63. The van der Waals surface area contributed by atoms with Crippen molar-refractivity contribution in [2.24, 2.45) is 0 Å². The zero-order valence-corrected chi connectivity index (χ0v) is 8.99. The van der Waals surface area contributed by atoms with E-state index in [0.29, 0.717) is 0 Å². The van der Waals surface area contributed by atoms with Crippen LogP contribution in [0.3, 0.4) is 0 Å². The van der Waals surface area contributed by atoms with Gasteiger partial charge in [-0.2, -0.15) is 0 Å². The summed E-state index contributed by atoms with van der Waals surface area (Å²) in [5.41, 5.74) is -0.258. The lowest BCUT2D eigenvalue weighted by atomic mass is 10.1. The fourth-order valence-electron chi connectivity index (χ4n) is 1.03. The summed E-state index contributed by atoms with van der Waals surface area (Å²) >= 11 is 0. The molecule has 0 aromatic carbocycles. The Morgan fingerprint density at radius 2 is 2.27 bits per heavy atom. The first-order valence-electron chi connectivity index (χ1n) is 4.78. The van der Waals surface area contributed by atoms with Crippen molar-refractivity contribution in [3.05, 3.63) is 18.3 Å². The molecule has 0 aliphatic carbocycles. The Bertz CT molecular complexity index is 315. The van der Waals surface area contributed by atoms with Crippen LogP contribution in [0.15, 0.2) is 18.3 Å². The summed E-state index contributed by atoms with van der Waals surface area (Å²) in [6.07, 6.45) is 1.67. The zero-order chi connectivity index (χ0) is 11.3. The monoisotopic (exact) mass is 211 g/mol. The van der Waals surface area contributed by atoms with Gasteiger partial charge in [0.25, 0.3) is 0 Å². The number of nitrogens with zero attached hydrogens (tertiary/aromatic N) is 1. The minimum atomic E-state index is -1.11. The SMILES string of the molecule is CNc1cc(NCC(C)(O)CO)ccn1. The molecule has 0 spiro atoms. The summed E-state index contributed by atoms with van der Waals surface area (Å²) < 4.78 is 0. The first-order chi connectivity index (χ1) is 7.07. The van der Waals surface area contributed by atoms with Crippen LogP contribution in [0.25, 0.3) is 0 Å². The van der Waals surface area contributed by atoms with Gasteiger partial charge in [-0.05, 0) is 13.0 Å². The summed E-state index contributed by atoms with van der Waals surface area (Å²) in [5, 5.41) is 24.4. The maximum absolute atomic E-state index is 9.57. The average Bonchev–Trinajstić information content (AvgIpc) is 2.27. The van der Waals surface area contributed by atoms with Crippen LogP contribution >= 0.6 is 0 Å². The van der Waals surface area contributed by atoms with Crippen molar-refractivity contribution in [1.29, 1.82) is 0 Å². The molecule has 0 radical (unpaired) electrons. The van der Waals surface area contributed by atoms with Gasteiger partial charge in [0, 0.05) is 31.5 Å². The van der Waals surface area contributed by atoms with Gasteiger partial charge < -0.3 is 20.8 Å². The Morgan fingerprint density at radius 1 is 1.53 bits per heavy atom. The number of anilines is 2. The molecule has 5 nitrogen and oxygen atoms in total. The van der Waals surface area contributed by atoms with E-state index < -0.39 is 5.60 Å². The highest BCUT2D eigenvalue weighted by Gasteiger charge is 2.18. The van der Waals surface area contributed by atoms with Crippen LogP contribution in [-0.2, 0) is 0 Å². The molecule has 0 fully saturated rings. The van der Waals surface area contributed by atoms with Crippen molar-refractivity contribution in [3.8, 4) is 0 Å². The van der Waals surface area contributed by atoms with Crippen molar-refractivity contribution in [1.82, 2.24) is 4.98 Å². The predicted octanol–water partition coefficient (Wildman–Crippen LogP) is 0.278. The molecule has 1 unspecified atom stereocenters. The van der Waals surface area contributed by atoms with E-state index >= 15 is 0 Å². The van der Waals surface area contributed by atoms with E-state index in [2.05, 4.69) is 15.6 Å². The molecular formula is C10H17N3O2. The third-order valence-electron chi connectivity index (χ3n) is 2.03. The lowest BCUT2D eigenvalue weighted by Gasteiger charge is -2.21. The molecule has 15 heavy (non-hydrogen) atoms. The topological polar surface area (TPSA) is 77.4 Å². The Labute approximate surface area is 89.2 Å². The fourth-order valence-corrected chi connectivity index (χ4v) is 1.03. The van der Waals surface area contributed by atoms with Crippen LogP contribution < -0.4 is 10.6 Å².